The summed E-state index contributed by atoms with van der Waals surface area (Å²) in [4.78, 5) is 28.4. The van der Waals surface area contributed by atoms with Crippen LogP contribution in [0.3, 0.4) is 0 Å². The Balaban J connectivity index is 2.24. The standard InChI is InChI=1S/C16H28N4O2/c1-3-4-10-20-14(17)13(15(21)18-16(20)22)19(2)11-12-8-6-5-7-9-12/h12H,3-11,17H2,1-2H3,(H,18,21,22). The second-order valence-corrected chi connectivity index (χ2v) is 6.38. The van der Waals surface area contributed by atoms with Gasteiger partial charge in [0.25, 0.3) is 5.56 Å². The van der Waals surface area contributed by atoms with E-state index in [0.29, 0.717) is 24.0 Å². The highest BCUT2D eigenvalue weighted by Crippen LogP contribution is 2.26. The molecule has 0 amide bonds. The summed E-state index contributed by atoms with van der Waals surface area (Å²) in [6.07, 6.45) is 8.08. The van der Waals surface area contributed by atoms with Crippen molar-refractivity contribution in [3.63, 3.8) is 0 Å². The molecule has 3 N–H and O–H groups in total. The van der Waals surface area contributed by atoms with Crippen LogP contribution < -0.4 is 21.9 Å². The maximum Gasteiger partial charge on any atom is 0.330 e. The van der Waals surface area contributed by atoms with E-state index in [0.717, 1.165) is 19.4 Å². The zero-order valence-electron chi connectivity index (χ0n) is 13.7. The molecule has 0 aromatic carbocycles. The van der Waals surface area contributed by atoms with Gasteiger partial charge < -0.3 is 10.6 Å². The largest absolute Gasteiger partial charge is 0.383 e. The molecule has 1 aliphatic rings. The van der Waals surface area contributed by atoms with E-state index in [1.165, 1.54) is 36.7 Å². The number of nitrogens with two attached hydrogens (primary N) is 1. The van der Waals surface area contributed by atoms with Crippen LogP contribution in [0.2, 0.25) is 0 Å². The molecule has 6 nitrogen and oxygen atoms in total. The predicted molar refractivity (Wildman–Crippen MR) is 90.5 cm³/mol. The molecule has 124 valence electrons. The molecule has 1 aromatic rings. The molecule has 22 heavy (non-hydrogen) atoms. The monoisotopic (exact) mass is 308 g/mol. The Bertz CT molecular complexity index is 599. The average molecular weight is 308 g/mol. The highest BCUT2D eigenvalue weighted by atomic mass is 16.2. The molecule has 1 aliphatic carbocycles. The quantitative estimate of drug-likeness (QED) is 0.841. The fourth-order valence-electron chi connectivity index (χ4n) is 3.33. The van der Waals surface area contributed by atoms with Gasteiger partial charge in [-0.25, -0.2) is 4.79 Å². The Morgan fingerprint density at radius 1 is 1.27 bits per heavy atom. The van der Waals surface area contributed by atoms with Crippen molar-refractivity contribution in [1.82, 2.24) is 9.55 Å². The number of hydrogen-bond acceptors (Lipinski definition) is 4. The van der Waals surface area contributed by atoms with Gasteiger partial charge in [-0.05, 0) is 25.2 Å². The molecule has 1 heterocycles. The van der Waals surface area contributed by atoms with Crippen molar-refractivity contribution in [2.45, 2.75) is 58.4 Å². The van der Waals surface area contributed by atoms with Crippen molar-refractivity contribution in [3.05, 3.63) is 20.8 Å². The second kappa shape index (κ2) is 7.51. The SMILES string of the molecule is CCCCn1c(N)c(N(C)CC2CCCCC2)c(=O)[nH]c1=O. The molecular weight excluding hydrogens is 280 g/mol. The summed E-state index contributed by atoms with van der Waals surface area (Å²) in [6, 6.07) is 0. The molecule has 0 unspecified atom stereocenters. The Labute approximate surface area is 131 Å². The number of anilines is 2. The van der Waals surface area contributed by atoms with Crippen LogP contribution in [0.5, 0.6) is 0 Å². The summed E-state index contributed by atoms with van der Waals surface area (Å²) >= 11 is 0. The second-order valence-electron chi connectivity index (χ2n) is 6.38. The van der Waals surface area contributed by atoms with Crippen molar-refractivity contribution in [2.75, 3.05) is 24.2 Å². The van der Waals surface area contributed by atoms with Crippen molar-refractivity contribution in [1.29, 1.82) is 0 Å². The minimum atomic E-state index is -0.411. The number of rotatable bonds is 6. The molecule has 1 saturated carbocycles. The molecule has 0 spiro atoms. The van der Waals surface area contributed by atoms with Crippen LogP contribution in [0, 0.1) is 5.92 Å². The fraction of sp³-hybridized carbons (Fsp3) is 0.750. The maximum absolute atomic E-state index is 12.2. The molecule has 1 fully saturated rings. The van der Waals surface area contributed by atoms with Gasteiger partial charge in [0.15, 0.2) is 0 Å². The lowest BCUT2D eigenvalue weighted by molar-refractivity contribution is 0.362. The first-order valence-corrected chi connectivity index (χ1v) is 8.38. The Kier molecular flexibility index (Phi) is 5.69. The highest BCUT2D eigenvalue weighted by Gasteiger charge is 2.20. The summed E-state index contributed by atoms with van der Waals surface area (Å²) < 4.78 is 1.48. The summed E-state index contributed by atoms with van der Waals surface area (Å²) in [6.45, 7) is 3.42. The third kappa shape index (κ3) is 3.72. The Hall–Kier alpha value is -1.72. The summed E-state index contributed by atoms with van der Waals surface area (Å²) in [5, 5.41) is 0. The topological polar surface area (TPSA) is 84.1 Å². The van der Waals surface area contributed by atoms with Crippen molar-refractivity contribution in [2.24, 2.45) is 5.92 Å². The number of aromatic amines is 1. The van der Waals surface area contributed by atoms with Gasteiger partial charge in [-0.15, -0.1) is 0 Å². The normalized spacial score (nSPS) is 15.9. The van der Waals surface area contributed by atoms with E-state index in [2.05, 4.69) is 11.9 Å². The predicted octanol–water partition coefficient (Wildman–Crippen LogP) is 1.94. The maximum atomic E-state index is 12.2. The number of aromatic nitrogens is 2. The number of nitrogens with zero attached hydrogens (tertiary/aromatic N) is 2. The molecule has 0 bridgehead atoms. The van der Waals surface area contributed by atoms with Crippen LogP contribution in [0.15, 0.2) is 9.59 Å². The van der Waals surface area contributed by atoms with E-state index in [-0.39, 0.29) is 5.56 Å². The molecule has 0 saturated heterocycles. The zero-order chi connectivity index (χ0) is 16.1. The summed E-state index contributed by atoms with van der Waals surface area (Å²) in [7, 11) is 1.89. The Morgan fingerprint density at radius 3 is 2.59 bits per heavy atom. The molecular formula is C16H28N4O2. The smallest absolute Gasteiger partial charge is 0.330 e. The first-order chi connectivity index (χ1) is 10.5. The number of hydrogen-bond donors (Lipinski definition) is 2. The van der Waals surface area contributed by atoms with Crippen LogP contribution >= 0.6 is 0 Å². The molecule has 0 radical (unpaired) electrons. The highest BCUT2D eigenvalue weighted by molar-refractivity contribution is 5.61. The van der Waals surface area contributed by atoms with Gasteiger partial charge in [0, 0.05) is 20.1 Å². The molecule has 0 aliphatic heterocycles. The third-order valence-corrected chi connectivity index (χ3v) is 4.59. The average Bonchev–Trinajstić information content (AvgIpc) is 2.47. The van der Waals surface area contributed by atoms with Crippen LogP contribution in [-0.2, 0) is 6.54 Å². The van der Waals surface area contributed by atoms with Crippen LogP contribution in [-0.4, -0.2) is 23.1 Å². The third-order valence-electron chi connectivity index (χ3n) is 4.59. The van der Waals surface area contributed by atoms with Crippen LogP contribution in [0.4, 0.5) is 11.5 Å². The summed E-state index contributed by atoms with van der Waals surface area (Å²) in [5.74, 6) is 0.897. The number of unbranched alkanes of at least 4 members (excludes halogenated alkanes) is 1. The molecule has 0 atom stereocenters. The minimum Gasteiger partial charge on any atom is -0.383 e. The zero-order valence-corrected chi connectivity index (χ0v) is 13.7. The molecule has 1 aromatic heterocycles. The first kappa shape index (κ1) is 16.6. The minimum absolute atomic E-state index is 0.292. The lowest BCUT2D eigenvalue weighted by Crippen LogP contribution is -2.38. The lowest BCUT2D eigenvalue weighted by atomic mass is 9.89. The van der Waals surface area contributed by atoms with E-state index in [1.807, 2.05) is 11.9 Å². The van der Waals surface area contributed by atoms with Gasteiger partial charge in [0.2, 0.25) is 0 Å². The van der Waals surface area contributed by atoms with Gasteiger partial charge in [-0.2, -0.15) is 0 Å². The molecule has 6 heteroatoms. The van der Waals surface area contributed by atoms with Gasteiger partial charge in [0.1, 0.15) is 11.5 Å². The fourth-order valence-corrected chi connectivity index (χ4v) is 3.33. The molecule has 2 rings (SSSR count). The Morgan fingerprint density at radius 2 is 1.95 bits per heavy atom. The van der Waals surface area contributed by atoms with Crippen molar-refractivity contribution in [3.8, 4) is 0 Å². The van der Waals surface area contributed by atoms with Crippen LogP contribution in [0.1, 0.15) is 51.9 Å². The van der Waals surface area contributed by atoms with E-state index in [9.17, 15) is 9.59 Å². The van der Waals surface area contributed by atoms with Gasteiger partial charge in [-0.3, -0.25) is 14.3 Å². The lowest BCUT2D eigenvalue weighted by Gasteiger charge is -2.28. The van der Waals surface area contributed by atoms with Crippen molar-refractivity contribution < 1.29 is 0 Å². The van der Waals surface area contributed by atoms with Gasteiger partial charge >= 0.3 is 5.69 Å². The van der Waals surface area contributed by atoms with Crippen LogP contribution in [0.25, 0.3) is 0 Å². The van der Waals surface area contributed by atoms with Gasteiger partial charge in [-0.1, -0.05) is 32.6 Å². The van der Waals surface area contributed by atoms with E-state index >= 15 is 0 Å². The number of H-pyrrole nitrogens is 1. The number of nitrogens with one attached hydrogen (secondary N) is 1. The van der Waals surface area contributed by atoms with E-state index in [4.69, 9.17) is 5.73 Å². The van der Waals surface area contributed by atoms with E-state index in [1.54, 1.807) is 0 Å². The first-order valence-electron chi connectivity index (χ1n) is 8.38. The van der Waals surface area contributed by atoms with Gasteiger partial charge in [0.05, 0.1) is 0 Å². The van der Waals surface area contributed by atoms with E-state index < -0.39 is 5.69 Å². The summed E-state index contributed by atoms with van der Waals surface area (Å²) in [5.41, 5.74) is 5.77. The van der Waals surface area contributed by atoms with Crippen molar-refractivity contribution >= 4 is 11.5 Å². The number of nitrogen functional groups attached to an aromatic ring is 1.